The highest BCUT2D eigenvalue weighted by atomic mass is 35.5. The molecule has 0 bridgehead atoms. The van der Waals surface area contributed by atoms with Gasteiger partial charge in [0.2, 0.25) is 0 Å². The second kappa shape index (κ2) is 10.8. The second-order valence-corrected chi connectivity index (χ2v) is 5.93. The van der Waals surface area contributed by atoms with E-state index in [1.165, 1.54) is 0 Å². The first-order valence-corrected chi connectivity index (χ1v) is 8.14. The minimum Gasteiger partial charge on any atom is -0.375 e. The molecule has 1 aromatic rings. The van der Waals surface area contributed by atoms with Crippen LogP contribution < -0.4 is 15.5 Å². The molecule has 0 saturated carbocycles. The molecule has 2 aliphatic heterocycles. The van der Waals surface area contributed by atoms with Crippen LogP contribution in [-0.4, -0.2) is 62.5 Å². The summed E-state index contributed by atoms with van der Waals surface area (Å²) in [6.45, 7) is 6.92. The first-order valence-electron chi connectivity index (χ1n) is 8.14. The molecule has 0 radical (unpaired) electrons. The highest BCUT2D eigenvalue weighted by molar-refractivity contribution is 5.85. The number of ether oxygens (including phenoxy) is 2. The molecule has 0 aliphatic carbocycles. The summed E-state index contributed by atoms with van der Waals surface area (Å²) in [6.07, 6.45) is 1.65. The number of hydrogen-bond acceptors (Lipinski definition) is 6. The zero-order valence-corrected chi connectivity index (χ0v) is 15.9. The van der Waals surface area contributed by atoms with Crippen molar-refractivity contribution < 1.29 is 14.3 Å². The number of morpholine rings is 2. The van der Waals surface area contributed by atoms with Gasteiger partial charge in [0.05, 0.1) is 19.3 Å². The van der Waals surface area contributed by atoms with Crippen molar-refractivity contribution in [3.05, 3.63) is 23.9 Å². The zero-order chi connectivity index (χ0) is 16.1. The minimum atomic E-state index is -0.397. The summed E-state index contributed by atoms with van der Waals surface area (Å²) < 4.78 is 11.0. The van der Waals surface area contributed by atoms with E-state index >= 15 is 0 Å². The van der Waals surface area contributed by atoms with Crippen molar-refractivity contribution >= 4 is 36.5 Å². The third-order valence-corrected chi connectivity index (χ3v) is 4.06. The highest BCUT2D eigenvalue weighted by Crippen LogP contribution is 2.15. The van der Waals surface area contributed by atoms with E-state index in [-0.39, 0.29) is 36.8 Å². The van der Waals surface area contributed by atoms with E-state index in [0.29, 0.717) is 19.7 Å². The van der Waals surface area contributed by atoms with Gasteiger partial charge >= 0.3 is 0 Å². The Morgan fingerprint density at radius 2 is 2.20 bits per heavy atom. The molecule has 3 heterocycles. The predicted octanol–water partition coefficient (Wildman–Crippen LogP) is 0.755. The lowest BCUT2D eigenvalue weighted by atomic mass is 10.2. The monoisotopic (exact) mass is 392 g/mol. The molecule has 25 heavy (non-hydrogen) atoms. The van der Waals surface area contributed by atoms with E-state index in [9.17, 15) is 4.79 Å². The van der Waals surface area contributed by atoms with Crippen molar-refractivity contribution in [3.63, 3.8) is 0 Å². The quantitative estimate of drug-likeness (QED) is 0.787. The van der Waals surface area contributed by atoms with Crippen LogP contribution in [0.4, 0.5) is 5.82 Å². The Morgan fingerprint density at radius 3 is 2.84 bits per heavy atom. The van der Waals surface area contributed by atoms with Gasteiger partial charge in [-0.1, -0.05) is 6.07 Å². The molecule has 2 atom stereocenters. The Hall–Kier alpha value is -1.12. The Bertz CT molecular complexity index is 527. The molecular weight excluding hydrogens is 367 g/mol. The van der Waals surface area contributed by atoms with Gasteiger partial charge in [0.1, 0.15) is 11.9 Å². The predicted molar refractivity (Wildman–Crippen MR) is 101 cm³/mol. The first-order chi connectivity index (χ1) is 11.2. The maximum atomic E-state index is 12.0. The molecule has 1 amide bonds. The van der Waals surface area contributed by atoms with Crippen LogP contribution in [0, 0.1) is 0 Å². The summed E-state index contributed by atoms with van der Waals surface area (Å²) in [5, 5.41) is 6.04. The lowest BCUT2D eigenvalue weighted by molar-refractivity contribution is -0.134. The fourth-order valence-electron chi connectivity index (χ4n) is 2.77. The Kier molecular flexibility index (Phi) is 9.45. The van der Waals surface area contributed by atoms with Gasteiger partial charge in [0.25, 0.3) is 5.91 Å². The van der Waals surface area contributed by atoms with Crippen molar-refractivity contribution in [2.24, 2.45) is 0 Å². The molecule has 0 aromatic carbocycles. The number of carbonyl (C=O) groups excluding carboxylic acids is 1. The van der Waals surface area contributed by atoms with Crippen molar-refractivity contribution in [1.29, 1.82) is 0 Å². The normalized spacial score (nSPS) is 23.2. The number of aromatic nitrogens is 1. The molecule has 0 spiro atoms. The number of nitrogens with zero attached hydrogens (tertiary/aromatic N) is 2. The lowest BCUT2D eigenvalue weighted by Gasteiger charge is -2.32. The smallest absolute Gasteiger partial charge is 0.250 e. The summed E-state index contributed by atoms with van der Waals surface area (Å²) in [6, 6.07) is 4.00. The zero-order valence-electron chi connectivity index (χ0n) is 14.3. The number of pyridine rings is 1. The van der Waals surface area contributed by atoms with Crippen LogP contribution in [0.2, 0.25) is 0 Å². The Balaban J connectivity index is 0.00000156. The van der Waals surface area contributed by atoms with Crippen LogP contribution in [-0.2, 0) is 20.8 Å². The maximum Gasteiger partial charge on any atom is 0.250 e. The number of carbonyl (C=O) groups is 1. The number of halogens is 2. The molecule has 142 valence electrons. The van der Waals surface area contributed by atoms with Gasteiger partial charge in [0.15, 0.2) is 0 Å². The second-order valence-electron chi connectivity index (χ2n) is 5.93. The molecule has 2 unspecified atom stereocenters. The summed E-state index contributed by atoms with van der Waals surface area (Å²) in [5.74, 6) is 0.873. The van der Waals surface area contributed by atoms with Gasteiger partial charge in [0, 0.05) is 38.9 Å². The third-order valence-electron chi connectivity index (χ3n) is 4.06. The number of hydrogen-bond donors (Lipinski definition) is 2. The number of anilines is 1. The van der Waals surface area contributed by atoms with Gasteiger partial charge in [-0.3, -0.25) is 4.79 Å². The fraction of sp³-hybridized carbons (Fsp3) is 0.625. The van der Waals surface area contributed by atoms with E-state index in [2.05, 4.69) is 27.4 Å². The van der Waals surface area contributed by atoms with Gasteiger partial charge in [-0.05, 0) is 18.6 Å². The minimum absolute atomic E-state index is 0. The molecule has 9 heteroatoms. The van der Waals surface area contributed by atoms with Crippen molar-refractivity contribution in [1.82, 2.24) is 15.6 Å². The lowest BCUT2D eigenvalue weighted by Crippen LogP contribution is -2.47. The Labute approximate surface area is 160 Å². The van der Waals surface area contributed by atoms with Crippen LogP contribution in [0.1, 0.15) is 12.5 Å². The molecule has 3 rings (SSSR count). The average molecular weight is 393 g/mol. The molecule has 2 aliphatic rings. The summed E-state index contributed by atoms with van der Waals surface area (Å²) >= 11 is 0. The van der Waals surface area contributed by atoms with E-state index in [1.54, 1.807) is 0 Å². The molecular formula is C16H26Cl2N4O3. The Morgan fingerprint density at radius 1 is 1.36 bits per heavy atom. The summed E-state index contributed by atoms with van der Waals surface area (Å²) in [5.41, 5.74) is 0.979. The van der Waals surface area contributed by atoms with Gasteiger partial charge in [-0.15, -0.1) is 24.8 Å². The standard InChI is InChI=1S/C16H24N4O3.2ClH/c1-12-11-20(5-7-22-12)15-3-2-13(8-18-15)9-19-16(21)14-10-17-4-6-23-14;;/h2-3,8,12,14,17H,4-7,9-11H2,1H3,(H,19,21);2*1H. The van der Waals surface area contributed by atoms with Gasteiger partial charge in [-0.2, -0.15) is 0 Å². The van der Waals surface area contributed by atoms with Crippen LogP contribution in [0.5, 0.6) is 0 Å². The number of nitrogens with one attached hydrogen (secondary N) is 2. The van der Waals surface area contributed by atoms with Crippen LogP contribution in [0.3, 0.4) is 0 Å². The fourth-order valence-corrected chi connectivity index (χ4v) is 2.77. The van der Waals surface area contributed by atoms with Crippen molar-refractivity contribution in [2.45, 2.75) is 25.7 Å². The van der Waals surface area contributed by atoms with Crippen LogP contribution in [0.15, 0.2) is 18.3 Å². The molecule has 2 N–H and O–H groups in total. The van der Waals surface area contributed by atoms with E-state index < -0.39 is 6.10 Å². The van der Waals surface area contributed by atoms with Crippen molar-refractivity contribution in [2.75, 3.05) is 44.3 Å². The van der Waals surface area contributed by atoms with Gasteiger partial charge < -0.3 is 25.0 Å². The largest absolute Gasteiger partial charge is 0.375 e. The average Bonchev–Trinajstić information content (AvgIpc) is 2.61. The van der Waals surface area contributed by atoms with Crippen LogP contribution in [0.25, 0.3) is 0 Å². The van der Waals surface area contributed by atoms with Crippen molar-refractivity contribution in [3.8, 4) is 0 Å². The molecule has 7 nitrogen and oxygen atoms in total. The number of amides is 1. The topological polar surface area (TPSA) is 75.7 Å². The highest BCUT2D eigenvalue weighted by Gasteiger charge is 2.21. The molecule has 2 saturated heterocycles. The first kappa shape index (κ1) is 21.9. The van der Waals surface area contributed by atoms with E-state index in [0.717, 1.165) is 37.6 Å². The van der Waals surface area contributed by atoms with E-state index in [1.807, 2.05) is 18.3 Å². The van der Waals surface area contributed by atoms with Crippen LogP contribution >= 0.6 is 24.8 Å². The van der Waals surface area contributed by atoms with E-state index in [4.69, 9.17) is 9.47 Å². The SMILES string of the molecule is CC1CN(c2ccc(CNC(=O)C3CNCCO3)cn2)CCO1.Cl.Cl. The molecule has 1 aromatic heterocycles. The number of rotatable bonds is 4. The summed E-state index contributed by atoms with van der Waals surface area (Å²) in [4.78, 5) is 18.7. The summed E-state index contributed by atoms with van der Waals surface area (Å²) in [7, 11) is 0. The molecule has 2 fully saturated rings. The van der Waals surface area contributed by atoms with Gasteiger partial charge in [-0.25, -0.2) is 4.98 Å². The third kappa shape index (κ3) is 6.27. The maximum absolute atomic E-state index is 12.0.